The number of halogens is 1. The van der Waals surface area contributed by atoms with E-state index in [1.807, 2.05) is 13.8 Å². The van der Waals surface area contributed by atoms with Crippen LogP contribution in [0.5, 0.6) is 0 Å². The maximum Gasteiger partial charge on any atom is 0.271 e. The van der Waals surface area contributed by atoms with E-state index < -0.39 is 0 Å². The fourth-order valence-electron chi connectivity index (χ4n) is 2.64. The first-order chi connectivity index (χ1) is 9.47. The van der Waals surface area contributed by atoms with E-state index in [0.717, 1.165) is 12.8 Å². The zero-order valence-electron chi connectivity index (χ0n) is 12.3. The molecule has 0 saturated heterocycles. The van der Waals surface area contributed by atoms with Crippen LogP contribution in [0, 0.1) is 5.92 Å². The molecule has 0 radical (unpaired) electrons. The third kappa shape index (κ3) is 3.69. The van der Waals surface area contributed by atoms with E-state index in [0.29, 0.717) is 22.5 Å². The molecule has 20 heavy (non-hydrogen) atoms. The molecule has 0 aromatic carbocycles. The van der Waals surface area contributed by atoms with Gasteiger partial charge >= 0.3 is 0 Å². The number of amides is 1. The first kappa shape index (κ1) is 15.2. The van der Waals surface area contributed by atoms with E-state index in [1.54, 1.807) is 0 Å². The summed E-state index contributed by atoms with van der Waals surface area (Å²) in [7, 11) is 0. The normalized spacial score (nSPS) is 22.9. The monoisotopic (exact) mass is 295 g/mol. The van der Waals surface area contributed by atoms with Crippen LogP contribution < -0.4 is 5.32 Å². The molecule has 1 fully saturated rings. The molecule has 5 heteroatoms. The number of hydrogen-bond donors (Lipinski definition) is 1. The first-order valence-electron chi connectivity index (χ1n) is 7.30. The van der Waals surface area contributed by atoms with Gasteiger partial charge in [0.1, 0.15) is 11.5 Å². The van der Waals surface area contributed by atoms with E-state index in [2.05, 4.69) is 22.2 Å². The number of nitrogens with zero attached hydrogens (tertiary/aromatic N) is 2. The van der Waals surface area contributed by atoms with Crippen LogP contribution in [0.3, 0.4) is 0 Å². The van der Waals surface area contributed by atoms with E-state index in [1.165, 1.54) is 19.0 Å². The smallest absolute Gasteiger partial charge is 0.271 e. The quantitative estimate of drug-likeness (QED) is 0.927. The van der Waals surface area contributed by atoms with Crippen LogP contribution in [0.15, 0.2) is 6.20 Å². The summed E-state index contributed by atoms with van der Waals surface area (Å²) in [5.74, 6) is 1.31. The molecule has 1 amide bonds. The Balaban J connectivity index is 2.10. The lowest BCUT2D eigenvalue weighted by Crippen LogP contribution is -2.38. The van der Waals surface area contributed by atoms with Crippen molar-refractivity contribution in [1.29, 1.82) is 0 Å². The average molecular weight is 296 g/mol. The Kier molecular flexibility index (Phi) is 4.97. The van der Waals surface area contributed by atoms with Crippen molar-refractivity contribution in [1.82, 2.24) is 15.3 Å². The van der Waals surface area contributed by atoms with E-state index in [-0.39, 0.29) is 17.9 Å². The van der Waals surface area contributed by atoms with E-state index >= 15 is 0 Å². The highest BCUT2D eigenvalue weighted by Gasteiger charge is 2.23. The van der Waals surface area contributed by atoms with Crippen LogP contribution >= 0.6 is 11.6 Å². The van der Waals surface area contributed by atoms with Gasteiger partial charge in [-0.2, -0.15) is 0 Å². The predicted molar refractivity (Wildman–Crippen MR) is 80.0 cm³/mol. The maximum atomic E-state index is 12.3. The summed E-state index contributed by atoms with van der Waals surface area (Å²) < 4.78 is 0. The lowest BCUT2D eigenvalue weighted by Gasteiger charge is -2.27. The molecule has 1 aliphatic rings. The third-order valence-electron chi connectivity index (χ3n) is 3.77. The second-order valence-corrected chi connectivity index (χ2v) is 6.43. The second kappa shape index (κ2) is 6.53. The van der Waals surface area contributed by atoms with Crippen molar-refractivity contribution < 1.29 is 4.79 Å². The van der Waals surface area contributed by atoms with Gasteiger partial charge in [0.2, 0.25) is 0 Å². The highest BCUT2D eigenvalue weighted by atomic mass is 35.5. The largest absolute Gasteiger partial charge is 0.348 e. The third-order valence-corrected chi connectivity index (χ3v) is 4.04. The molecule has 2 rings (SSSR count). The fourth-order valence-corrected chi connectivity index (χ4v) is 2.81. The Labute approximate surface area is 125 Å². The molecule has 1 aliphatic carbocycles. The van der Waals surface area contributed by atoms with Gasteiger partial charge in [-0.1, -0.05) is 45.2 Å². The minimum Gasteiger partial charge on any atom is -0.348 e. The van der Waals surface area contributed by atoms with Gasteiger partial charge < -0.3 is 5.32 Å². The Morgan fingerprint density at radius 1 is 1.45 bits per heavy atom. The molecule has 0 bridgehead atoms. The lowest BCUT2D eigenvalue weighted by molar-refractivity contribution is 0.0916. The van der Waals surface area contributed by atoms with Crippen LogP contribution in [-0.2, 0) is 0 Å². The summed E-state index contributed by atoms with van der Waals surface area (Å²) in [4.78, 5) is 20.8. The van der Waals surface area contributed by atoms with Crippen molar-refractivity contribution >= 4 is 17.5 Å². The standard InChI is InChI=1S/C15H22ClN3O/c1-9(2)14-17-8-12(16)13(19-14)15(20)18-11-6-4-5-10(3)7-11/h8-11H,4-7H2,1-3H3,(H,18,20). The van der Waals surface area contributed by atoms with E-state index in [4.69, 9.17) is 11.6 Å². The van der Waals surface area contributed by atoms with E-state index in [9.17, 15) is 4.79 Å². The molecule has 1 heterocycles. The number of nitrogens with one attached hydrogen (secondary N) is 1. The Hall–Kier alpha value is -1.16. The minimum atomic E-state index is -0.182. The van der Waals surface area contributed by atoms with Crippen molar-refractivity contribution in [3.05, 3.63) is 22.7 Å². The minimum absolute atomic E-state index is 0.175. The topological polar surface area (TPSA) is 54.9 Å². The number of hydrogen-bond acceptors (Lipinski definition) is 3. The van der Waals surface area contributed by atoms with Crippen LogP contribution in [-0.4, -0.2) is 21.9 Å². The van der Waals surface area contributed by atoms with Gasteiger partial charge in [-0.15, -0.1) is 0 Å². The molecule has 2 unspecified atom stereocenters. The van der Waals surface area contributed by atoms with Gasteiger partial charge in [0.25, 0.3) is 5.91 Å². The van der Waals surface area contributed by atoms with Crippen molar-refractivity contribution in [3.8, 4) is 0 Å². The predicted octanol–water partition coefficient (Wildman–Crippen LogP) is 3.56. The summed E-state index contributed by atoms with van der Waals surface area (Å²) in [6, 6.07) is 0.236. The first-order valence-corrected chi connectivity index (χ1v) is 7.68. The number of aromatic nitrogens is 2. The van der Waals surface area contributed by atoms with Crippen molar-refractivity contribution in [2.24, 2.45) is 5.92 Å². The van der Waals surface area contributed by atoms with Crippen molar-refractivity contribution in [2.75, 3.05) is 0 Å². The van der Waals surface area contributed by atoms with Crippen LogP contribution in [0.2, 0.25) is 5.02 Å². The summed E-state index contributed by atoms with van der Waals surface area (Å²) >= 11 is 6.06. The number of carbonyl (C=O) groups is 1. The van der Waals surface area contributed by atoms with Crippen LogP contribution in [0.25, 0.3) is 0 Å². The van der Waals surface area contributed by atoms with Gasteiger partial charge in [-0.3, -0.25) is 4.79 Å². The van der Waals surface area contributed by atoms with Gasteiger partial charge in [0, 0.05) is 12.0 Å². The average Bonchev–Trinajstić information content (AvgIpc) is 2.38. The molecule has 2 atom stereocenters. The Bertz CT molecular complexity index is 490. The molecule has 110 valence electrons. The molecule has 4 nitrogen and oxygen atoms in total. The SMILES string of the molecule is CC1CCCC(NC(=O)c2nc(C(C)C)ncc2Cl)C1. The van der Waals surface area contributed by atoms with Crippen molar-refractivity contribution in [2.45, 2.75) is 58.4 Å². The molecular formula is C15H22ClN3O. The van der Waals surface area contributed by atoms with Crippen LogP contribution in [0.4, 0.5) is 0 Å². The molecule has 0 spiro atoms. The molecular weight excluding hydrogens is 274 g/mol. The summed E-state index contributed by atoms with van der Waals surface area (Å²) in [6.45, 7) is 6.22. The van der Waals surface area contributed by atoms with Gasteiger partial charge in [0.05, 0.1) is 11.2 Å². The second-order valence-electron chi connectivity index (χ2n) is 6.02. The highest BCUT2D eigenvalue weighted by molar-refractivity contribution is 6.33. The molecule has 1 aromatic heterocycles. The Morgan fingerprint density at radius 3 is 2.85 bits per heavy atom. The zero-order chi connectivity index (χ0) is 14.7. The number of rotatable bonds is 3. The molecule has 1 N–H and O–H groups in total. The Morgan fingerprint density at radius 2 is 2.20 bits per heavy atom. The lowest BCUT2D eigenvalue weighted by atomic mass is 9.87. The maximum absolute atomic E-state index is 12.3. The highest BCUT2D eigenvalue weighted by Crippen LogP contribution is 2.24. The molecule has 1 saturated carbocycles. The summed E-state index contributed by atoms with van der Waals surface area (Å²) in [6.07, 6.45) is 6.00. The van der Waals surface area contributed by atoms with Crippen molar-refractivity contribution in [3.63, 3.8) is 0 Å². The molecule has 1 aromatic rings. The van der Waals surface area contributed by atoms with Gasteiger partial charge in [-0.05, 0) is 18.8 Å². The summed E-state index contributed by atoms with van der Waals surface area (Å²) in [5, 5.41) is 3.37. The molecule has 0 aliphatic heterocycles. The number of carbonyl (C=O) groups excluding carboxylic acids is 1. The summed E-state index contributed by atoms with van der Waals surface area (Å²) in [5.41, 5.74) is 0.295. The fraction of sp³-hybridized carbons (Fsp3) is 0.667. The van der Waals surface area contributed by atoms with Gasteiger partial charge in [-0.25, -0.2) is 9.97 Å². The zero-order valence-corrected chi connectivity index (χ0v) is 13.1. The van der Waals surface area contributed by atoms with Crippen LogP contribution in [0.1, 0.15) is 68.7 Å². The van der Waals surface area contributed by atoms with Gasteiger partial charge in [0.15, 0.2) is 0 Å².